The Morgan fingerprint density at radius 3 is 2.69 bits per heavy atom. The third kappa shape index (κ3) is 3.06. The predicted octanol–water partition coefficient (Wildman–Crippen LogP) is 1.89. The molecule has 1 heterocycles. The summed E-state index contributed by atoms with van der Waals surface area (Å²) in [5.74, 6) is 0. The van der Waals surface area contributed by atoms with E-state index in [9.17, 15) is 0 Å². The van der Waals surface area contributed by atoms with Gasteiger partial charge in [0.05, 0.1) is 17.3 Å². The largest absolute Gasteiger partial charge is 0.377 e. The van der Waals surface area contributed by atoms with Crippen LogP contribution in [0.5, 0.6) is 0 Å². The molecule has 0 radical (unpaired) electrons. The summed E-state index contributed by atoms with van der Waals surface area (Å²) in [6, 6.07) is 2.16. The second-order valence-corrected chi connectivity index (χ2v) is 4.61. The highest BCUT2D eigenvalue weighted by atomic mass is 16.5. The molecule has 4 heteroatoms. The third-order valence-electron chi connectivity index (χ3n) is 2.85. The van der Waals surface area contributed by atoms with Crippen LogP contribution in [0.3, 0.4) is 0 Å². The fraction of sp³-hybridized carbons (Fsp3) is 0.750. The molecule has 1 unspecified atom stereocenters. The average Bonchev–Trinajstić information content (AvgIpc) is 2.65. The highest BCUT2D eigenvalue weighted by Crippen LogP contribution is 2.27. The first kappa shape index (κ1) is 13.2. The van der Waals surface area contributed by atoms with E-state index in [1.165, 1.54) is 0 Å². The zero-order chi connectivity index (χ0) is 12.2. The van der Waals surface area contributed by atoms with Gasteiger partial charge < -0.3 is 10.1 Å². The predicted molar refractivity (Wildman–Crippen MR) is 65.3 cm³/mol. The van der Waals surface area contributed by atoms with Crippen molar-refractivity contribution in [3.63, 3.8) is 0 Å². The van der Waals surface area contributed by atoms with Gasteiger partial charge in [-0.15, -0.1) is 0 Å². The van der Waals surface area contributed by atoms with Gasteiger partial charge in [-0.1, -0.05) is 6.92 Å². The normalized spacial score (nSPS) is 14.1. The smallest absolute Gasteiger partial charge is 0.0832 e. The fourth-order valence-electron chi connectivity index (χ4n) is 1.70. The van der Waals surface area contributed by atoms with Gasteiger partial charge in [0.1, 0.15) is 0 Å². The molecule has 16 heavy (non-hydrogen) atoms. The van der Waals surface area contributed by atoms with Crippen LogP contribution in [0.4, 0.5) is 0 Å². The maximum Gasteiger partial charge on any atom is 0.0832 e. The monoisotopic (exact) mass is 225 g/mol. The molecule has 0 spiro atoms. The summed E-state index contributed by atoms with van der Waals surface area (Å²) >= 11 is 0. The van der Waals surface area contributed by atoms with E-state index in [-0.39, 0.29) is 11.6 Å². The lowest BCUT2D eigenvalue weighted by Crippen LogP contribution is -2.41. The molecule has 0 amide bonds. The fourth-order valence-corrected chi connectivity index (χ4v) is 1.70. The van der Waals surface area contributed by atoms with Crippen LogP contribution in [-0.2, 0) is 11.8 Å². The number of aryl methyl sites for hydroxylation is 1. The van der Waals surface area contributed by atoms with Gasteiger partial charge in [-0.05, 0) is 32.9 Å². The van der Waals surface area contributed by atoms with Crippen molar-refractivity contribution in [2.24, 2.45) is 7.05 Å². The molecule has 0 fully saturated rings. The highest BCUT2D eigenvalue weighted by Gasteiger charge is 2.31. The third-order valence-corrected chi connectivity index (χ3v) is 2.85. The minimum absolute atomic E-state index is 0.124. The first-order valence-corrected chi connectivity index (χ1v) is 5.79. The summed E-state index contributed by atoms with van der Waals surface area (Å²) < 4.78 is 7.37. The minimum atomic E-state index is -0.260. The van der Waals surface area contributed by atoms with E-state index >= 15 is 0 Å². The molecule has 1 atom stereocenters. The lowest BCUT2D eigenvalue weighted by molar-refractivity contribution is -0.0123. The number of rotatable bonds is 6. The summed E-state index contributed by atoms with van der Waals surface area (Å²) in [5, 5.41) is 7.94. The second kappa shape index (κ2) is 5.46. The summed E-state index contributed by atoms with van der Waals surface area (Å²) in [4.78, 5) is 0. The molecule has 0 aliphatic rings. The maximum absolute atomic E-state index is 5.55. The summed E-state index contributed by atoms with van der Waals surface area (Å²) in [7, 11) is 3.67. The topological polar surface area (TPSA) is 39.1 Å². The molecule has 1 aromatic heterocycles. The molecular formula is C12H23N3O. The summed E-state index contributed by atoms with van der Waals surface area (Å²) in [6.45, 7) is 7.28. The standard InChI is InChI=1S/C12H23N3O/c1-6-8-13-11(12(2,3)16-5)10-7-9-15(4)14-10/h7,9,11,13H,6,8H2,1-5H3. The van der Waals surface area contributed by atoms with Crippen molar-refractivity contribution in [3.05, 3.63) is 18.0 Å². The van der Waals surface area contributed by atoms with Crippen molar-refractivity contribution < 1.29 is 4.74 Å². The average molecular weight is 225 g/mol. The molecule has 1 aromatic rings. The number of aromatic nitrogens is 2. The van der Waals surface area contributed by atoms with E-state index < -0.39 is 0 Å². The first-order chi connectivity index (χ1) is 7.51. The Bertz CT molecular complexity index is 320. The van der Waals surface area contributed by atoms with Crippen LogP contribution in [0.15, 0.2) is 12.3 Å². The van der Waals surface area contributed by atoms with Crippen LogP contribution < -0.4 is 5.32 Å². The van der Waals surface area contributed by atoms with Gasteiger partial charge >= 0.3 is 0 Å². The van der Waals surface area contributed by atoms with Gasteiger partial charge in [0.25, 0.3) is 0 Å². The van der Waals surface area contributed by atoms with Crippen LogP contribution in [0.2, 0.25) is 0 Å². The molecule has 0 aliphatic heterocycles. The van der Waals surface area contributed by atoms with Crippen LogP contribution in [0, 0.1) is 0 Å². The molecule has 0 aliphatic carbocycles. The molecule has 0 aromatic carbocycles. The molecule has 1 N–H and O–H groups in total. The minimum Gasteiger partial charge on any atom is -0.377 e. The van der Waals surface area contributed by atoms with Gasteiger partial charge in [0, 0.05) is 20.4 Å². The quantitative estimate of drug-likeness (QED) is 0.803. The Hall–Kier alpha value is -0.870. The first-order valence-electron chi connectivity index (χ1n) is 5.79. The van der Waals surface area contributed by atoms with E-state index in [0.29, 0.717) is 0 Å². The zero-order valence-corrected chi connectivity index (χ0v) is 10.9. The second-order valence-electron chi connectivity index (χ2n) is 4.61. The number of nitrogens with zero attached hydrogens (tertiary/aromatic N) is 2. The van der Waals surface area contributed by atoms with Crippen molar-refractivity contribution in [2.75, 3.05) is 13.7 Å². The highest BCUT2D eigenvalue weighted by molar-refractivity contribution is 5.10. The van der Waals surface area contributed by atoms with Crippen molar-refractivity contribution >= 4 is 0 Å². The van der Waals surface area contributed by atoms with E-state index in [4.69, 9.17) is 4.74 Å². The number of hydrogen-bond acceptors (Lipinski definition) is 3. The van der Waals surface area contributed by atoms with Crippen molar-refractivity contribution in [2.45, 2.75) is 38.8 Å². The number of methoxy groups -OCH3 is 1. The lowest BCUT2D eigenvalue weighted by Gasteiger charge is -2.32. The summed E-state index contributed by atoms with van der Waals surface area (Å²) in [6.07, 6.45) is 3.06. The number of ether oxygens (including phenoxy) is 1. The van der Waals surface area contributed by atoms with Crippen LogP contribution in [0.1, 0.15) is 38.9 Å². The Labute approximate surface area is 98.0 Å². The van der Waals surface area contributed by atoms with Crippen LogP contribution in [0.25, 0.3) is 0 Å². The van der Waals surface area contributed by atoms with Gasteiger partial charge in [0.2, 0.25) is 0 Å². The Kier molecular flexibility index (Phi) is 4.50. The van der Waals surface area contributed by atoms with Gasteiger partial charge in [-0.3, -0.25) is 4.68 Å². The van der Waals surface area contributed by atoms with Crippen LogP contribution >= 0.6 is 0 Å². The zero-order valence-electron chi connectivity index (χ0n) is 10.9. The summed E-state index contributed by atoms with van der Waals surface area (Å²) in [5.41, 5.74) is 0.770. The van der Waals surface area contributed by atoms with Crippen molar-refractivity contribution in [3.8, 4) is 0 Å². The van der Waals surface area contributed by atoms with Gasteiger partial charge in [0.15, 0.2) is 0 Å². The van der Waals surface area contributed by atoms with Crippen LogP contribution in [-0.4, -0.2) is 29.0 Å². The molecule has 0 saturated carbocycles. The van der Waals surface area contributed by atoms with Gasteiger partial charge in [-0.2, -0.15) is 5.10 Å². The van der Waals surface area contributed by atoms with E-state index in [2.05, 4.69) is 31.2 Å². The molecule has 0 bridgehead atoms. The Morgan fingerprint density at radius 1 is 1.56 bits per heavy atom. The van der Waals surface area contributed by atoms with Crippen molar-refractivity contribution in [1.82, 2.24) is 15.1 Å². The molecule has 4 nitrogen and oxygen atoms in total. The maximum atomic E-state index is 5.55. The Morgan fingerprint density at radius 2 is 2.25 bits per heavy atom. The molecule has 1 rings (SSSR count). The Balaban J connectivity index is 2.87. The number of nitrogens with one attached hydrogen (secondary N) is 1. The van der Waals surface area contributed by atoms with Gasteiger partial charge in [-0.25, -0.2) is 0 Å². The SMILES string of the molecule is CCCNC(c1ccn(C)n1)C(C)(C)OC. The molecule has 0 saturated heterocycles. The van der Waals surface area contributed by atoms with E-state index in [1.54, 1.807) is 7.11 Å². The number of hydrogen-bond donors (Lipinski definition) is 1. The van der Waals surface area contributed by atoms with Crippen molar-refractivity contribution in [1.29, 1.82) is 0 Å². The molecule has 92 valence electrons. The van der Waals surface area contributed by atoms with E-state index in [0.717, 1.165) is 18.7 Å². The van der Waals surface area contributed by atoms with E-state index in [1.807, 2.05) is 24.0 Å². The molecular weight excluding hydrogens is 202 g/mol. The lowest BCUT2D eigenvalue weighted by atomic mass is 9.95.